The highest BCUT2D eigenvalue weighted by Crippen LogP contribution is 2.32. The van der Waals surface area contributed by atoms with Gasteiger partial charge in [-0.1, -0.05) is 19.3 Å². The van der Waals surface area contributed by atoms with Crippen molar-refractivity contribution in [2.24, 2.45) is 0 Å². The molecule has 2 unspecified atom stereocenters. The summed E-state index contributed by atoms with van der Waals surface area (Å²) in [5.74, 6) is 0.422. The summed E-state index contributed by atoms with van der Waals surface area (Å²) >= 11 is 0. The van der Waals surface area contributed by atoms with Gasteiger partial charge in [-0.15, -0.1) is 4.73 Å². The van der Waals surface area contributed by atoms with Crippen LogP contribution >= 0.6 is 0 Å². The van der Waals surface area contributed by atoms with Crippen LogP contribution < -0.4 is 10.4 Å². The maximum absolute atomic E-state index is 12.4. The first-order valence-corrected chi connectivity index (χ1v) is 8.56. The van der Waals surface area contributed by atoms with Crippen molar-refractivity contribution >= 4 is 0 Å². The maximum atomic E-state index is 12.4. The monoisotopic (exact) mass is 307 g/mol. The van der Waals surface area contributed by atoms with Gasteiger partial charge in [-0.25, -0.2) is 0 Å². The Morgan fingerprint density at radius 3 is 2.55 bits per heavy atom. The van der Waals surface area contributed by atoms with Crippen LogP contribution in [0.15, 0.2) is 16.9 Å². The molecule has 1 fully saturated rings. The van der Waals surface area contributed by atoms with Crippen molar-refractivity contribution in [2.75, 3.05) is 0 Å². The Morgan fingerprint density at radius 1 is 1.23 bits per heavy atom. The molecule has 22 heavy (non-hydrogen) atoms. The highest BCUT2D eigenvalue weighted by Gasteiger charge is 2.21. The minimum atomic E-state index is -0.335. The highest BCUT2D eigenvalue weighted by molar-refractivity contribution is 5.19. The van der Waals surface area contributed by atoms with E-state index in [-0.39, 0.29) is 17.8 Å². The van der Waals surface area contributed by atoms with Gasteiger partial charge in [-0.2, -0.15) is 0 Å². The van der Waals surface area contributed by atoms with Gasteiger partial charge >= 0.3 is 0 Å². The molecule has 1 N–H and O–H groups in total. The summed E-state index contributed by atoms with van der Waals surface area (Å²) in [6.45, 7) is 5.70. The molecule has 1 aliphatic carbocycles. The molecule has 0 aromatic carbocycles. The largest absolute Gasteiger partial charge is 0.408 e. The third-order valence-electron chi connectivity index (χ3n) is 4.46. The van der Waals surface area contributed by atoms with Crippen LogP contribution in [0.4, 0.5) is 0 Å². The molecular formula is C18H29NO3. The number of aryl methyl sites for hydroxylation is 1. The average molecular weight is 307 g/mol. The van der Waals surface area contributed by atoms with Gasteiger partial charge in [0.2, 0.25) is 0 Å². The van der Waals surface area contributed by atoms with Crippen molar-refractivity contribution in [3.63, 3.8) is 0 Å². The SMILES string of the molecule is Cc1cc(C2CCCCC2)n(OC(C)CCC(C)O)c(=O)c1. The second-order valence-electron chi connectivity index (χ2n) is 6.77. The van der Waals surface area contributed by atoms with Crippen LogP contribution in [0, 0.1) is 6.92 Å². The van der Waals surface area contributed by atoms with E-state index in [1.165, 1.54) is 24.0 Å². The summed E-state index contributed by atoms with van der Waals surface area (Å²) in [6, 6.07) is 3.73. The lowest BCUT2D eigenvalue weighted by molar-refractivity contribution is 0.0208. The zero-order valence-corrected chi connectivity index (χ0v) is 14.0. The zero-order chi connectivity index (χ0) is 16.1. The summed E-state index contributed by atoms with van der Waals surface area (Å²) in [6.07, 6.45) is 7.01. The molecular weight excluding hydrogens is 278 g/mol. The lowest BCUT2D eigenvalue weighted by Gasteiger charge is -2.26. The molecule has 1 heterocycles. The predicted octanol–water partition coefficient (Wildman–Crippen LogP) is 3.18. The molecule has 1 saturated carbocycles. The Labute approximate surface area is 133 Å². The summed E-state index contributed by atoms with van der Waals surface area (Å²) < 4.78 is 1.51. The van der Waals surface area contributed by atoms with Crippen molar-refractivity contribution < 1.29 is 9.94 Å². The van der Waals surface area contributed by atoms with Gasteiger partial charge in [-0.3, -0.25) is 4.79 Å². The zero-order valence-electron chi connectivity index (χ0n) is 14.0. The molecule has 0 aliphatic heterocycles. The highest BCUT2D eigenvalue weighted by atomic mass is 16.7. The van der Waals surface area contributed by atoms with Crippen LogP contribution in [-0.4, -0.2) is 22.0 Å². The fraction of sp³-hybridized carbons (Fsp3) is 0.722. The Morgan fingerprint density at radius 2 is 1.91 bits per heavy atom. The van der Waals surface area contributed by atoms with E-state index in [0.717, 1.165) is 30.5 Å². The first-order valence-electron chi connectivity index (χ1n) is 8.56. The molecule has 0 bridgehead atoms. The number of pyridine rings is 1. The van der Waals surface area contributed by atoms with Crippen LogP contribution in [0.1, 0.15) is 76.0 Å². The molecule has 0 radical (unpaired) electrons. The molecule has 4 heteroatoms. The van der Waals surface area contributed by atoms with E-state index in [4.69, 9.17) is 4.84 Å². The van der Waals surface area contributed by atoms with Gasteiger partial charge in [0, 0.05) is 12.0 Å². The number of hydrogen-bond acceptors (Lipinski definition) is 3. The first kappa shape index (κ1) is 17.1. The quantitative estimate of drug-likeness (QED) is 0.878. The number of aromatic nitrogens is 1. The predicted molar refractivity (Wildman–Crippen MR) is 88.2 cm³/mol. The second-order valence-corrected chi connectivity index (χ2v) is 6.77. The van der Waals surface area contributed by atoms with Crippen molar-refractivity contribution in [2.45, 2.75) is 83.8 Å². The van der Waals surface area contributed by atoms with E-state index in [2.05, 4.69) is 6.07 Å². The smallest absolute Gasteiger partial charge is 0.283 e. The van der Waals surface area contributed by atoms with Gasteiger partial charge in [0.25, 0.3) is 5.56 Å². The van der Waals surface area contributed by atoms with Gasteiger partial charge in [0.05, 0.1) is 11.8 Å². The fourth-order valence-electron chi connectivity index (χ4n) is 3.22. The minimum absolute atomic E-state index is 0.0792. The third kappa shape index (κ3) is 4.60. The Hall–Kier alpha value is -1.29. The molecule has 1 aromatic heterocycles. The molecule has 1 aliphatic rings. The fourth-order valence-corrected chi connectivity index (χ4v) is 3.22. The van der Waals surface area contributed by atoms with E-state index in [0.29, 0.717) is 12.3 Å². The molecule has 0 amide bonds. The molecule has 2 rings (SSSR count). The molecule has 4 nitrogen and oxygen atoms in total. The molecule has 124 valence electrons. The molecule has 0 saturated heterocycles. The average Bonchev–Trinajstić information content (AvgIpc) is 2.48. The second kappa shape index (κ2) is 7.82. The standard InChI is InChI=1S/C18H29NO3/c1-13-11-17(16-7-5-4-6-8-16)19(18(21)12-13)22-15(3)10-9-14(2)20/h11-12,14-16,20H,4-10H2,1-3H3. The number of nitrogens with zero attached hydrogens (tertiary/aromatic N) is 1. The molecule has 1 aromatic rings. The summed E-state index contributed by atoms with van der Waals surface area (Å²) in [5, 5.41) is 9.39. The van der Waals surface area contributed by atoms with Gasteiger partial charge in [0.1, 0.15) is 6.10 Å². The Bertz CT molecular complexity index is 530. The van der Waals surface area contributed by atoms with E-state index in [1.54, 1.807) is 13.0 Å². The summed E-state index contributed by atoms with van der Waals surface area (Å²) in [5.41, 5.74) is 1.94. The summed E-state index contributed by atoms with van der Waals surface area (Å²) in [4.78, 5) is 18.3. The van der Waals surface area contributed by atoms with Crippen molar-refractivity contribution in [1.29, 1.82) is 0 Å². The van der Waals surface area contributed by atoms with Crippen molar-refractivity contribution in [3.8, 4) is 0 Å². The first-order chi connectivity index (χ1) is 10.5. The molecule has 0 spiro atoms. The van der Waals surface area contributed by atoms with E-state index in [1.807, 2.05) is 13.8 Å². The molecule has 2 atom stereocenters. The van der Waals surface area contributed by atoms with Gasteiger partial charge in [0.15, 0.2) is 0 Å². The Kier molecular flexibility index (Phi) is 6.07. The maximum Gasteiger partial charge on any atom is 0.283 e. The van der Waals surface area contributed by atoms with Gasteiger partial charge in [-0.05, 0) is 58.1 Å². The lowest BCUT2D eigenvalue weighted by Crippen LogP contribution is -2.35. The van der Waals surface area contributed by atoms with Crippen molar-refractivity contribution in [1.82, 2.24) is 4.73 Å². The van der Waals surface area contributed by atoms with E-state index in [9.17, 15) is 9.90 Å². The van der Waals surface area contributed by atoms with Crippen molar-refractivity contribution in [3.05, 3.63) is 33.7 Å². The number of aliphatic hydroxyl groups is 1. The van der Waals surface area contributed by atoms with E-state index < -0.39 is 0 Å². The summed E-state index contributed by atoms with van der Waals surface area (Å²) in [7, 11) is 0. The number of aliphatic hydroxyl groups excluding tert-OH is 1. The normalized spacial score (nSPS) is 18.9. The van der Waals surface area contributed by atoms with Crippen LogP contribution in [0.25, 0.3) is 0 Å². The number of rotatable bonds is 6. The van der Waals surface area contributed by atoms with Crippen LogP contribution in [0.5, 0.6) is 0 Å². The topological polar surface area (TPSA) is 51.5 Å². The minimum Gasteiger partial charge on any atom is -0.408 e. The van der Waals surface area contributed by atoms with Crippen LogP contribution in [0.2, 0.25) is 0 Å². The Balaban J connectivity index is 2.19. The van der Waals surface area contributed by atoms with Gasteiger partial charge < -0.3 is 9.94 Å². The van der Waals surface area contributed by atoms with Crippen LogP contribution in [0.3, 0.4) is 0 Å². The lowest BCUT2D eigenvalue weighted by atomic mass is 9.86. The third-order valence-corrected chi connectivity index (χ3v) is 4.46. The number of hydrogen-bond donors (Lipinski definition) is 1. The van der Waals surface area contributed by atoms with E-state index >= 15 is 0 Å². The van der Waals surface area contributed by atoms with Crippen LogP contribution in [-0.2, 0) is 0 Å².